The third-order valence-corrected chi connectivity index (χ3v) is 4.23. The van der Waals surface area contributed by atoms with Crippen molar-refractivity contribution in [1.29, 1.82) is 0 Å². The monoisotopic (exact) mass is 318 g/mol. The Morgan fingerprint density at radius 1 is 1.45 bits per heavy atom. The Morgan fingerprint density at radius 3 is 3.00 bits per heavy atom. The Kier molecular flexibility index (Phi) is 4.74. The first-order valence-electron chi connectivity index (χ1n) is 7.24. The molecule has 2 N–H and O–H groups in total. The van der Waals surface area contributed by atoms with E-state index in [0.29, 0.717) is 5.16 Å². The minimum atomic E-state index is -0.0719. The van der Waals surface area contributed by atoms with E-state index in [-0.39, 0.29) is 17.8 Å². The molecule has 2 heterocycles. The third kappa shape index (κ3) is 3.86. The summed E-state index contributed by atoms with van der Waals surface area (Å²) in [6.45, 7) is 2.78. The fourth-order valence-corrected chi connectivity index (χ4v) is 2.83. The lowest BCUT2D eigenvalue weighted by Gasteiger charge is -2.04. The van der Waals surface area contributed by atoms with Crippen LogP contribution in [-0.4, -0.2) is 33.4 Å². The summed E-state index contributed by atoms with van der Waals surface area (Å²) in [5, 5.41) is 10.4. The number of carbonyl (C=O) groups excluding carboxylic acids is 1. The van der Waals surface area contributed by atoms with Crippen molar-refractivity contribution in [2.45, 2.75) is 31.0 Å². The van der Waals surface area contributed by atoms with Crippen molar-refractivity contribution in [3.8, 4) is 0 Å². The number of nitrogens with one attached hydrogen (secondary N) is 2. The smallest absolute Gasteiger partial charge is 0.234 e. The van der Waals surface area contributed by atoms with E-state index in [2.05, 4.69) is 20.5 Å². The van der Waals surface area contributed by atoms with E-state index in [0.717, 1.165) is 36.5 Å². The number of anilines is 1. The van der Waals surface area contributed by atoms with Gasteiger partial charge in [-0.15, -0.1) is 5.10 Å². The summed E-state index contributed by atoms with van der Waals surface area (Å²) in [5.74, 6) is 0.952. The van der Waals surface area contributed by atoms with E-state index >= 15 is 0 Å². The van der Waals surface area contributed by atoms with Crippen molar-refractivity contribution in [2.24, 2.45) is 0 Å². The van der Waals surface area contributed by atoms with Crippen LogP contribution in [0.1, 0.15) is 30.3 Å². The first-order chi connectivity index (χ1) is 10.7. The number of carbonyl (C=O) groups is 1. The first-order valence-corrected chi connectivity index (χ1v) is 8.22. The largest absolute Gasteiger partial charge is 0.370 e. The fraction of sp³-hybridized carbons (Fsp3) is 0.400. The van der Waals surface area contributed by atoms with Crippen molar-refractivity contribution in [3.05, 3.63) is 35.7 Å². The summed E-state index contributed by atoms with van der Waals surface area (Å²) in [6.07, 6.45) is 2.03. The minimum absolute atomic E-state index is 0.0169. The van der Waals surface area contributed by atoms with E-state index in [9.17, 15) is 4.79 Å². The number of H-pyrrole nitrogens is 1. The third-order valence-electron chi connectivity index (χ3n) is 3.38. The molecule has 0 spiro atoms. The maximum absolute atomic E-state index is 11.9. The molecule has 1 aromatic heterocycles. The summed E-state index contributed by atoms with van der Waals surface area (Å²) in [7, 11) is 0. The van der Waals surface area contributed by atoms with Gasteiger partial charge in [0.1, 0.15) is 6.10 Å². The average Bonchev–Trinajstić information content (AvgIpc) is 3.18. The molecule has 7 heteroatoms. The summed E-state index contributed by atoms with van der Waals surface area (Å²) >= 11 is 1.31. The highest BCUT2D eigenvalue weighted by Crippen LogP contribution is 2.26. The van der Waals surface area contributed by atoms with Crippen LogP contribution < -0.4 is 5.32 Å². The number of hydrogen-bond acceptors (Lipinski definition) is 5. The van der Waals surface area contributed by atoms with E-state index < -0.39 is 0 Å². The normalized spacial score (nSPS) is 17.6. The lowest BCUT2D eigenvalue weighted by molar-refractivity contribution is -0.113. The van der Waals surface area contributed by atoms with Crippen molar-refractivity contribution in [3.63, 3.8) is 0 Å². The van der Waals surface area contributed by atoms with Crippen LogP contribution in [0, 0.1) is 6.92 Å². The minimum Gasteiger partial charge on any atom is -0.370 e. The molecule has 0 saturated carbocycles. The molecule has 1 aliphatic rings. The molecule has 2 aromatic rings. The highest BCUT2D eigenvalue weighted by molar-refractivity contribution is 7.99. The molecule has 6 nitrogen and oxygen atoms in total. The topological polar surface area (TPSA) is 79.9 Å². The molecule has 0 unspecified atom stereocenters. The van der Waals surface area contributed by atoms with Crippen LogP contribution in [0.2, 0.25) is 0 Å². The van der Waals surface area contributed by atoms with Gasteiger partial charge in [0, 0.05) is 12.3 Å². The van der Waals surface area contributed by atoms with Crippen LogP contribution in [0.15, 0.2) is 29.4 Å². The number of aryl methyl sites for hydroxylation is 1. The maximum Gasteiger partial charge on any atom is 0.234 e. The number of hydrogen-bond donors (Lipinski definition) is 2. The summed E-state index contributed by atoms with van der Waals surface area (Å²) in [6, 6.07) is 7.71. The molecular weight excluding hydrogens is 300 g/mol. The van der Waals surface area contributed by atoms with E-state index in [1.807, 2.05) is 31.2 Å². The lowest BCUT2D eigenvalue weighted by atomic mass is 10.2. The second-order valence-corrected chi connectivity index (χ2v) is 6.15. The average molecular weight is 318 g/mol. The van der Waals surface area contributed by atoms with Crippen molar-refractivity contribution < 1.29 is 9.53 Å². The zero-order valence-corrected chi connectivity index (χ0v) is 13.2. The van der Waals surface area contributed by atoms with Crippen LogP contribution in [0.3, 0.4) is 0 Å². The van der Waals surface area contributed by atoms with Crippen LogP contribution >= 0.6 is 11.8 Å². The van der Waals surface area contributed by atoms with Gasteiger partial charge in [-0.05, 0) is 31.9 Å². The van der Waals surface area contributed by atoms with Gasteiger partial charge in [0.15, 0.2) is 5.82 Å². The van der Waals surface area contributed by atoms with Gasteiger partial charge >= 0.3 is 0 Å². The Bertz CT molecular complexity index is 635. The number of ether oxygens (including phenoxy) is 1. The number of thioether (sulfide) groups is 1. The van der Waals surface area contributed by atoms with Crippen molar-refractivity contribution in [2.75, 3.05) is 17.7 Å². The van der Waals surface area contributed by atoms with Crippen LogP contribution in [0.25, 0.3) is 0 Å². The van der Waals surface area contributed by atoms with Gasteiger partial charge in [0.05, 0.1) is 5.75 Å². The predicted molar refractivity (Wildman–Crippen MR) is 84.8 cm³/mol. The van der Waals surface area contributed by atoms with E-state index in [1.165, 1.54) is 11.8 Å². The number of aromatic nitrogens is 3. The van der Waals surface area contributed by atoms with Gasteiger partial charge in [-0.1, -0.05) is 29.5 Å². The highest BCUT2D eigenvalue weighted by atomic mass is 32.2. The fourth-order valence-electron chi connectivity index (χ4n) is 2.22. The number of nitrogens with zero attached hydrogens (tertiary/aromatic N) is 2. The molecule has 0 radical (unpaired) electrons. The van der Waals surface area contributed by atoms with Gasteiger partial charge in [-0.3, -0.25) is 9.89 Å². The van der Waals surface area contributed by atoms with Gasteiger partial charge in [0.2, 0.25) is 11.1 Å². The van der Waals surface area contributed by atoms with E-state index in [4.69, 9.17) is 4.74 Å². The standard InChI is InChI=1S/C15H18N4O2S/c1-10-4-6-11(7-5-10)16-13(20)9-22-15-17-14(18-19-15)12-3-2-8-21-12/h4-7,12H,2-3,8-9H2,1H3,(H,16,20)(H,17,18,19)/t12-/m0/s1. The zero-order chi connectivity index (χ0) is 15.4. The van der Waals surface area contributed by atoms with Crippen LogP contribution in [0.4, 0.5) is 5.69 Å². The molecular formula is C15H18N4O2S. The Labute approximate surface area is 133 Å². The number of benzene rings is 1. The number of rotatable bonds is 5. The summed E-state index contributed by atoms with van der Waals surface area (Å²) in [5.41, 5.74) is 1.96. The highest BCUT2D eigenvalue weighted by Gasteiger charge is 2.21. The quantitative estimate of drug-likeness (QED) is 0.829. The Hall–Kier alpha value is -1.86. The predicted octanol–water partition coefficient (Wildman–Crippen LogP) is 2.70. The molecule has 22 heavy (non-hydrogen) atoms. The van der Waals surface area contributed by atoms with Crippen LogP contribution in [0.5, 0.6) is 0 Å². The van der Waals surface area contributed by atoms with Crippen molar-refractivity contribution in [1.82, 2.24) is 15.2 Å². The van der Waals surface area contributed by atoms with E-state index in [1.54, 1.807) is 0 Å². The summed E-state index contributed by atoms with van der Waals surface area (Å²) < 4.78 is 5.54. The van der Waals surface area contributed by atoms with Gasteiger partial charge in [-0.2, -0.15) is 0 Å². The summed E-state index contributed by atoms with van der Waals surface area (Å²) in [4.78, 5) is 16.3. The number of amides is 1. The molecule has 3 rings (SSSR count). The second kappa shape index (κ2) is 6.93. The molecule has 1 fully saturated rings. The van der Waals surface area contributed by atoms with Crippen molar-refractivity contribution >= 4 is 23.4 Å². The zero-order valence-electron chi connectivity index (χ0n) is 12.3. The van der Waals surface area contributed by atoms with Gasteiger partial charge in [0.25, 0.3) is 0 Å². The maximum atomic E-state index is 11.9. The molecule has 1 aromatic carbocycles. The first kappa shape index (κ1) is 15.1. The molecule has 116 valence electrons. The Balaban J connectivity index is 1.49. The Morgan fingerprint density at radius 2 is 2.27 bits per heavy atom. The number of aromatic amines is 1. The van der Waals surface area contributed by atoms with Gasteiger partial charge in [-0.25, -0.2) is 4.98 Å². The SMILES string of the molecule is Cc1ccc(NC(=O)CSc2n[nH]c([C@@H]3CCCO3)n2)cc1. The molecule has 1 aliphatic heterocycles. The van der Waals surface area contributed by atoms with Crippen LogP contribution in [-0.2, 0) is 9.53 Å². The van der Waals surface area contributed by atoms with Gasteiger partial charge < -0.3 is 10.1 Å². The molecule has 1 saturated heterocycles. The second-order valence-electron chi connectivity index (χ2n) is 5.21. The molecule has 0 bridgehead atoms. The molecule has 1 amide bonds. The lowest BCUT2D eigenvalue weighted by Crippen LogP contribution is -2.14. The molecule has 0 aliphatic carbocycles. The molecule has 1 atom stereocenters.